The van der Waals surface area contributed by atoms with Crippen LogP contribution in [0.1, 0.15) is 23.9 Å². The average molecular weight is 508 g/mol. The largest absolute Gasteiger partial charge is 0.494 e. The van der Waals surface area contributed by atoms with E-state index >= 15 is 0 Å². The SMILES string of the molecule is CCOc1cc(C#N)cc(Oc2nc(Oc3cc(N)cc(N)c3)nc3c2nc(C)n3Cc2ccccc2)c1. The number of ether oxygens (including phenoxy) is 3. The molecule has 0 spiro atoms. The average Bonchev–Trinajstić information content (AvgIpc) is 3.19. The van der Waals surface area contributed by atoms with E-state index in [0.29, 0.717) is 64.3 Å². The Hall–Kier alpha value is -5.30. The summed E-state index contributed by atoms with van der Waals surface area (Å²) < 4.78 is 19.7. The van der Waals surface area contributed by atoms with Crippen LogP contribution < -0.4 is 25.7 Å². The van der Waals surface area contributed by atoms with Gasteiger partial charge in [0.2, 0.25) is 0 Å². The summed E-state index contributed by atoms with van der Waals surface area (Å²) in [5.41, 5.74) is 15.2. The maximum atomic E-state index is 9.48. The first kappa shape index (κ1) is 24.4. The molecule has 0 radical (unpaired) electrons. The van der Waals surface area contributed by atoms with E-state index in [9.17, 15) is 5.26 Å². The van der Waals surface area contributed by atoms with Gasteiger partial charge in [-0.25, -0.2) is 4.98 Å². The Morgan fingerprint density at radius 2 is 1.58 bits per heavy atom. The maximum absolute atomic E-state index is 9.48. The number of nitrogens with zero attached hydrogens (tertiary/aromatic N) is 5. The zero-order chi connectivity index (χ0) is 26.6. The number of hydrogen-bond acceptors (Lipinski definition) is 9. The third-order valence-electron chi connectivity index (χ3n) is 5.61. The van der Waals surface area contributed by atoms with Crippen molar-refractivity contribution in [2.45, 2.75) is 20.4 Å². The first-order valence-electron chi connectivity index (χ1n) is 11.9. The highest BCUT2D eigenvalue weighted by Gasteiger charge is 2.20. The molecule has 5 rings (SSSR count). The Morgan fingerprint density at radius 1 is 0.868 bits per heavy atom. The van der Waals surface area contributed by atoms with Crippen molar-refractivity contribution in [3.05, 3.63) is 83.7 Å². The molecule has 5 aromatic rings. The number of hydrogen-bond donors (Lipinski definition) is 2. The monoisotopic (exact) mass is 507 g/mol. The molecule has 0 bridgehead atoms. The summed E-state index contributed by atoms with van der Waals surface area (Å²) in [5.74, 6) is 2.12. The minimum atomic E-state index is 0.0215. The summed E-state index contributed by atoms with van der Waals surface area (Å²) in [4.78, 5) is 13.9. The highest BCUT2D eigenvalue weighted by Crippen LogP contribution is 2.34. The number of benzene rings is 3. The zero-order valence-corrected chi connectivity index (χ0v) is 20.9. The van der Waals surface area contributed by atoms with Crippen molar-refractivity contribution in [1.29, 1.82) is 5.26 Å². The molecule has 190 valence electrons. The maximum Gasteiger partial charge on any atom is 0.327 e. The lowest BCUT2D eigenvalue weighted by molar-refractivity contribution is 0.337. The summed E-state index contributed by atoms with van der Waals surface area (Å²) in [6, 6.07) is 21.9. The van der Waals surface area contributed by atoms with Crippen molar-refractivity contribution in [3.8, 4) is 35.2 Å². The fraction of sp³-hybridized carbons (Fsp3) is 0.143. The molecule has 0 aliphatic rings. The first-order valence-corrected chi connectivity index (χ1v) is 11.9. The van der Waals surface area contributed by atoms with Crippen LogP contribution in [0.3, 0.4) is 0 Å². The Kier molecular flexibility index (Phi) is 6.65. The highest BCUT2D eigenvalue weighted by atomic mass is 16.5. The smallest absolute Gasteiger partial charge is 0.327 e. The Balaban J connectivity index is 1.63. The molecule has 0 amide bonds. The van der Waals surface area contributed by atoms with Crippen LogP contribution in [0.5, 0.6) is 29.1 Å². The molecular formula is C28H25N7O3. The Morgan fingerprint density at radius 3 is 2.29 bits per heavy atom. The number of imidazole rings is 1. The minimum absolute atomic E-state index is 0.0215. The predicted octanol–water partition coefficient (Wildman–Crippen LogP) is 5.20. The van der Waals surface area contributed by atoms with Crippen molar-refractivity contribution in [3.63, 3.8) is 0 Å². The normalized spacial score (nSPS) is 10.8. The molecule has 0 atom stereocenters. The Labute approximate surface area is 219 Å². The Bertz CT molecular complexity index is 1640. The van der Waals surface area contributed by atoms with Gasteiger partial charge < -0.3 is 30.2 Å². The van der Waals surface area contributed by atoms with Gasteiger partial charge in [0, 0.05) is 29.6 Å². The molecule has 38 heavy (non-hydrogen) atoms. The molecule has 0 fully saturated rings. The number of nitriles is 1. The van der Waals surface area contributed by atoms with Crippen LogP contribution in [-0.2, 0) is 6.54 Å². The number of nitrogens with two attached hydrogens (primary N) is 2. The van der Waals surface area contributed by atoms with Gasteiger partial charge in [0.25, 0.3) is 5.88 Å². The third kappa shape index (κ3) is 5.27. The lowest BCUT2D eigenvalue weighted by Crippen LogP contribution is -2.04. The van der Waals surface area contributed by atoms with Crippen LogP contribution in [0.2, 0.25) is 0 Å². The summed E-state index contributed by atoms with van der Waals surface area (Å²) in [7, 11) is 0. The van der Waals surface area contributed by atoms with Gasteiger partial charge >= 0.3 is 6.01 Å². The number of aryl methyl sites for hydroxylation is 1. The van der Waals surface area contributed by atoms with E-state index in [-0.39, 0.29) is 11.9 Å². The number of anilines is 2. The van der Waals surface area contributed by atoms with Crippen LogP contribution in [-0.4, -0.2) is 26.1 Å². The van der Waals surface area contributed by atoms with E-state index in [1.165, 1.54) is 0 Å². The molecule has 0 aliphatic heterocycles. The molecule has 4 N–H and O–H groups in total. The van der Waals surface area contributed by atoms with E-state index in [2.05, 4.69) is 16.0 Å². The molecule has 2 aromatic heterocycles. The minimum Gasteiger partial charge on any atom is -0.494 e. The van der Waals surface area contributed by atoms with Gasteiger partial charge in [-0.05, 0) is 37.6 Å². The van der Waals surface area contributed by atoms with Crippen LogP contribution in [0.15, 0.2) is 66.7 Å². The molecule has 0 unspecified atom stereocenters. The van der Waals surface area contributed by atoms with Gasteiger partial charge in [-0.2, -0.15) is 15.2 Å². The standard InChI is InChI=1S/C28H25N7O3/c1-3-36-22-9-19(15-29)10-23(14-22)37-27-25-26(35(17(2)32-25)16-18-7-5-4-6-8-18)33-28(34-27)38-24-12-20(30)11-21(31)13-24/h4-14H,3,16,30-31H2,1-2H3. The second-order valence-corrected chi connectivity index (χ2v) is 8.49. The number of nitrogen functional groups attached to an aromatic ring is 2. The molecule has 2 heterocycles. The van der Waals surface area contributed by atoms with Gasteiger partial charge in [-0.1, -0.05) is 30.3 Å². The highest BCUT2D eigenvalue weighted by molar-refractivity contribution is 5.78. The first-order chi connectivity index (χ1) is 18.4. The van der Waals surface area contributed by atoms with Gasteiger partial charge in [0.15, 0.2) is 11.2 Å². The fourth-order valence-electron chi connectivity index (χ4n) is 4.00. The van der Waals surface area contributed by atoms with Crippen molar-refractivity contribution in [2.24, 2.45) is 0 Å². The van der Waals surface area contributed by atoms with Crippen molar-refractivity contribution < 1.29 is 14.2 Å². The molecule has 10 nitrogen and oxygen atoms in total. The number of aromatic nitrogens is 4. The summed E-state index contributed by atoms with van der Waals surface area (Å²) in [6.07, 6.45) is 0. The number of rotatable bonds is 8. The second kappa shape index (κ2) is 10.4. The predicted molar refractivity (Wildman–Crippen MR) is 143 cm³/mol. The summed E-state index contributed by atoms with van der Waals surface area (Å²) in [5, 5.41) is 9.48. The molecule has 0 aliphatic carbocycles. The second-order valence-electron chi connectivity index (χ2n) is 8.49. The van der Waals surface area contributed by atoms with Gasteiger partial charge in [-0.3, -0.25) is 0 Å². The fourth-order valence-corrected chi connectivity index (χ4v) is 4.00. The van der Waals surface area contributed by atoms with E-state index < -0.39 is 0 Å². The summed E-state index contributed by atoms with van der Waals surface area (Å²) in [6.45, 7) is 4.72. The topological polar surface area (TPSA) is 147 Å². The molecule has 3 aromatic carbocycles. The van der Waals surface area contributed by atoms with E-state index in [1.807, 2.05) is 48.7 Å². The molecular weight excluding hydrogens is 482 g/mol. The van der Waals surface area contributed by atoms with Crippen LogP contribution >= 0.6 is 0 Å². The van der Waals surface area contributed by atoms with Crippen molar-refractivity contribution >= 4 is 22.5 Å². The lowest BCUT2D eigenvalue weighted by Gasteiger charge is -2.12. The van der Waals surface area contributed by atoms with Crippen LogP contribution in [0.4, 0.5) is 11.4 Å². The molecule has 0 saturated heterocycles. The van der Waals surface area contributed by atoms with Crippen LogP contribution in [0, 0.1) is 18.3 Å². The van der Waals surface area contributed by atoms with Crippen LogP contribution in [0.25, 0.3) is 11.2 Å². The lowest BCUT2D eigenvalue weighted by atomic mass is 10.2. The van der Waals surface area contributed by atoms with E-state index in [0.717, 1.165) is 5.56 Å². The third-order valence-corrected chi connectivity index (χ3v) is 5.61. The number of fused-ring (bicyclic) bond motifs is 1. The van der Waals surface area contributed by atoms with Gasteiger partial charge in [-0.15, -0.1) is 0 Å². The zero-order valence-electron chi connectivity index (χ0n) is 20.9. The van der Waals surface area contributed by atoms with Crippen molar-refractivity contribution in [2.75, 3.05) is 18.1 Å². The molecule has 0 saturated carbocycles. The van der Waals surface area contributed by atoms with Gasteiger partial charge in [0.1, 0.15) is 23.1 Å². The van der Waals surface area contributed by atoms with Crippen molar-refractivity contribution in [1.82, 2.24) is 19.5 Å². The van der Waals surface area contributed by atoms with Gasteiger partial charge in [0.05, 0.1) is 24.8 Å². The summed E-state index contributed by atoms with van der Waals surface area (Å²) >= 11 is 0. The quantitative estimate of drug-likeness (QED) is 0.270. The van der Waals surface area contributed by atoms with E-state index in [4.69, 9.17) is 30.7 Å². The van der Waals surface area contributed by atoms with E-state index in [1.54, 1.807) is 36.4 Å². The molecule has 10 heteroatoms.